The first-order valence-corrected chi connectivity index (χ1v) is 8.37. The fourth-order valence-electron chi connectivity index (χ4n) is 2.12. The van der Waals surface area contributed by atoms with Crippen LogP contribution in [-0.4, -0.2) is 27.2 Å². The second-order valence-corrected chi connectivity index (χ2v) is 7.19. The van der Waals surface area contributed by atoms with Crippen LogP contribution in [0, 0.1) is 0 Å². The lowest BCUT2D eigenvalue weighted by molar-refractivity contribution is 0.0902. The van der Waals surface area contributed by atoms with Crippen molar-refractivity contribution < 1.29 is 13.2 Å². The molecule has 1 aromatic carbocycles. The van der Waals surface area contributed by atoms with E-state index in [2.05, 4.69) is 20.7 Å². The van der Waals surface area contributed by atoms with Gasteiger partial charge in [0.05, 0.1) is 11.0 Å². The molecule has 0 saturated carbocycles. The summed E-state index contributed by atoms with van der Waals surface area (Å²) in [4.78, 5) is 0.187. The molecule has 0 aromatic heterocycles. The Kier molecular flexibility index (Phi) is 4.50. The molecule has 0 spiro atoms. The SMILES string of the molecule is CC(NS(=O)(=O)c1ccc(N)cc1Br)C1CCCO1. The van der Waals surface area contributed by atoms with Crippen LogP contribution in [0.25, 0.3) is 0 Å². The predicted octanol–water partition coefficient (Wildman–Crippen LogP) is 1.88. The molecule has 5 nitrogen and oxygen atoms in total. The highest BCUT2D eigenvalue weighted by Crippen LogP contribution is 2.25. The van der Waals surface area contributed by atoms with Crippen molar-refractivity contribution in [3.05, 3.63) is 22.7 Å². The van der Waals surface area contributed by atoms with Gasteiger partial charge in [0.25, 0.3) is 0 Å². The average Bonchev–Trinajstić information content (AvgIpc) is 2.80. The van der Waals surface area contributed by atoms with Gasteiger partial charge in [-0.1, -0.05) is 0 Å². The number of benzene rings is 1. The summed E-state index contributed by atoms with van der Waals surface area (Å²) in [5.74, 6) is 0. The van der Waals surface area contributed by atoms with Crippen LogP contribution in [0.4, 0.5) is 5.69 Å². The van der Waals surface area contributed by atoms with Gasteiger partial charge < -0.3 is 10.5 Å². The standard InChI is InChI=1S/C12H17BrN2O3S/c1-8(11-3-2-6-18-11)15-19(16,17)12-5-4-9(14)7-10(12)13/h4-5,7-8,11,15H,2-3,6,14H2,1H3. The fraction of sp³-hybridized carbons (Fsp3) is 0.500. The van der Waals surface area contributed by atoms with E-state index in [1.54, 1.807) is 12.1 Å². The van der Waals surface area contributed by atoms with Gasteiger partial charge in [-0.3, -0.25) is 0 Å². The molecule has 1 aliphatic rings. The highest BCUT2D eigenvalue weighted by Gasteiger charge is 2.27. The van der Waals surface area contributed by atoms with Crippen molar-refractivity contribution in [2.45, 2.75) is 36.8 Å². The fourth-order valence-corrected chi connectivity index (χ4v) is 4.48. The number of sulfonamides is 1. The normalized spacial score (nSPS) is 21.5. The smallest absolute Gasteiger partial charge is 0.242 e. The molecule has 1 fully saturated rings. The van der Waals surface area contributed by atoms with Gasteiger partial charge in [-0.15, -0.1) is 0 Å². The van der Waals surface area contributed by atoms with Gasteiger partial charge in [0, 0.05) is 22.8 Å². The topological polar surface area (TPSA) is 81.4 Å². The summed E-state index contributed by atoms with van der Waals surface area (Å²) >= 11 is 3.23. The summed E-state index contributed by atoms with van der Waals surface area (Å²) in [6, 6.07) is 4.38. The lowest BCUT2D eigenvalue weighted by Crippen LogP contribution is -2.40. The van der Waals surface area contributed by atoms with E-state index < -0.39 is 10.0 Å². The van der Waals surface area contributed by atoms with Crippen LogP contribution < -0.4 is 10.5 Å². The maximum atomic E-state index is 12.3. The van der Waals surface area contributed by atoms with Crippen molar-refractivity contribution in [1.82, 2.24) is 4.72 Å². The van der Waals surface area contributed by atoms with Gasteiger partial charge in [-0.05, 0) is 53.9 Å². The minimum atomic E-state index is -3.58. The van der Waals surface area contributed by atoms with Crippen molar-refractivity contribution in [2.75, 3.05) is 12.3 Å². The monoisotopic (exact) mass is 348 g/mol. The minimum Gasteiger partial charge on any atom is -0.399 e. The summed E-state index contributed by atoms with van der Waals surface area (Å²) in [5, 5.41) is 0. The Bertz CT molecular complexity index is 556. The maximum absolute atomic E-state index is 12.3. The first-order valence-electron chi connectivity index (χ1n) is 6.09. The van der Waals surface area contributed by atoms with Crippen LogP contribution in [0.1, 0.15) is 19.8 Å². The van der Waals surface area contributed by atoms with Crippen LogP contribution in [0.15, 0.2) is 27.6 Å². The van der Waals surface area contributed by atoms with E-state index in [4.69, 9.17) is 10.5 Å². The number of halogens is 1. The first kappa shape index (κ1) is 14.8. The summed E-state index contributed by atoms with van der Waals surface area (Å²) in [7, 11) is -3.58. The largest absolute Gasteiger partial charge is 0.399 e. The second-order valence-electron chi connectivity index (χ2n) is 4.65. The molecular formula is C12H17BrN2O3S. The Balaban J connectivity index is 2.17. The van der Waals surface area contributed by atoms with E-state index in [1.807, 2.05) is 6.92 Å². The third-order valence-electron chi connectivity index (χ3n) is 3.11. The number of hydrogen-bond donors (Lipinski definition) is 2. The molecule has 0 amide bonds. The molecule has 106 valence electrons. The van der Waals surface area contributed by atoms with Crippen molar-refractivity contribution in [3.8, 4) is 0 Å². The van der Waals surface area contributed by atoms with Crippen LogP contribution in [0.2, 0.25) is 0 Å². The molecule has 0 aliphatic carbocycles. The van der Waals surface area contributed by atoms with Gasteiger partial charge in [0.15, 0.2) is 0 Å². The number of nitrogens with one attached hydrogen (secondary N) is 1. The molecule has 0 radical (unpaired) electrons. The Morgan fingerprint density at radius 2 is 2.26 bits per heavy atom. The maximum Gasteiger partial charge on any atom is 0.242 e. The molecule has 0 bridgehead atoms. The number of nitrogen functional groups attached to an aromatic ring is 1. The first-order chi connectivity index (χ1) is 8.90. The molecule has 3 N–H and O–H groups in total. The lowest BCUT2D eigenvalue weighted by Gasteiger charge is -2.20. The number of nitrogens with two attached hydrogens (primary N) is 1. The highest BCUT2D eigenvalue weighted by molar-refractivity contribution is 9.10. The molecule has 19 heavy (non-hydrogen) atoms. The molecular weight excluding hydrogens is 332 g/mol. The zero-order valence-corrected chi connectivity index (χ0v) is 13.0. The van der Waals surface area contributed by atoms with E-state index in [-0.39, 0.29) is 17.0 Å². The molecule has 1 aliphatic heterocycles. The number of rotatable bonds is 4. The van der Waals surface area contributed by atoms with E-state index in [9.17, 15) is 8.42 Å². The molecule has 2 rings (SSSR count). The highest BCUT2D eigenvalue weighted by atomic mass is 79.9. The van der Waals surface area contributed by atoms with Crippen LogP contribution >= 0.6 is 15.9 Å². The van der Waals surface area contributed by atoms with Crippen LogP contribution in [0.5, 0.6) is 0 Å². The third-order valence-corrected chi connectivity index (χ3v) is 5.64. The summed E-state index contributed by atoms with van der Waals surface area (Å²) in [5.41, 5.74) is 6.12. The molecule has 7 heteroatoms. The Morgan fingerprint density at radius 1 is 1.53 bits per heavy atom. The second kappa shape index (κ2) is 5.78. The average molecular weight is 349 g/mol. The molecule has 2 atom stereocenters. The van der Waals surface area contributed by atoms with Crippen molar-refractivity contribution in [3.63, 3.8) is 0 Å². The minimum absolute atomic E-state index is 0.0534. The number of ether oxygens (including phenoxy) is 1. The summed E-state index contributed by atoms with van der Waals surface area (Å²) < 4.78 is 33.2. The van der Waals surface area contributed by atoms with Gasteiger partial charge in [-0.2, -0.15) is 0 Å². The van der Waals surface area contributed by atoms with Gasteiger partial charge in [0.2, 0.25) is 10.0 Å². The summed E-state index contributed by atoms with van der Waals surface area (Å²) in [6.07, 6.45) is 1.80. The van der Waals surface area contributed by atoms with Gasteiger partial charge in [0.1, 0.15) is 0 Å². The molecule has 2 unspecified atom stereocenters. The van der Waals surface area contributed by atoms with E-state index in [0.717, 1.165) is 12.8 Å². The van der Waals surface area contributed by atoms with E-state index in [0.29, 0.717) is 16.8 Å². The Hall–Kier alpha value is -0.630. The number of anilines is 1. The quantitative estimate of drug-likeness (QED) is 0.814. The molecule has 1 heterocycles. The van der Waals surface area contributed by atoms with Crippen molar-refractivity contribution in [1.29, 1.82) is 0 Å². The van der Waals surface area contributed by atoms with Crippen molar-refractivity contribution >= 4 is 31.6 Å². The van der Waals surface area contributed by atoms with Crippen molar-refractivity contribution in [2.24, 2.45) is 0 Å². The Labute approximate surface area is 121 Å². The predicted molar refractivity (Wildman–Crippen MR) is 77.3 cm³/mol. The number of hydrogen-bond acceptors (Lipinski definition) is 4. The van der Waals surface area contributed by atoms with Crippen LogP contribution in [-0.2, 0) is 14.8 Å². The zero-order chi connectivity index (χ0) is 14.0. The molecule has 1 saturated heterocycles. The van der Waals surface area contributed by atoms with Crippen LogP contribution in [0.3, 0.4) is 0 Å². The van der Waals surface area contributed by atoms with Gasteiger partial charge >= 0.3 is 0 Å². The third kappa shape index (κ3) is 3.47. The van der Waals surface area contributed by atoms with Gasteiger partial charge in [-0.25, -0.2) is 13.1 Å². The summed E-state index contributed by atoms with van der Waals surface area (Å²) in [6.45, 7) is 2.51. The van der Waals surface area contributed by atoms with E-state index >= 15 is 0 Å². The Morgan fingerprint density at radius 3 is 2.84 bits per heavy atom. The van der Waals surface area contributed by atoms with E-state index in [1.165, 1.54) is 6.07 Å². The lowest BCUT2D eigenvalue weighted by atomic mass is 10.1. The zero-order valence-electron chi connectivity index (χ0n) is 10.6. The molecule has 1 aromatic rings.